The molecule has 0 amide bonds. The minimum atomic E-state index is -1.69. The van der Waals surface area contributed by atoms with Crippen LogP contribution in [0.25, 0.3) is 6.08 Å². The Balaban J connectivity index is 3.39. The molecule has 0 aliphatic carbocycles. The molecule has 1 rings (SSSR count). The summed E-state index contributed by atoms with van der Waals surface area (Å²) in [4.78, 5) is 10.7. The van der Waals surface area contributed by atoms with Gasteiger partial charge in [-0.1, -0.05) is 24.8 Å². The Hall–Kier alpha value is -1.59. The van der Waals surface area contributed by atoms with Gasteiger partial charge in [-0.15, -0.1) is 0 Å². The first-order valence-corrected chi connectivity index (χ1v) is 3.92. The van der Waals surface area contributed by atoms with Crippen molar-refractivity contribution in [1.29, 1.82) is 0 Å². The highest BCUT2D eigenvalue weighted by molar-refractivity contribution is 6.59. The molecule has 5 heteroatoms. The van der Waals surface area contributed by atoms with Gasteiger partial charge in [-0.05, 0) is 17.1 Å². The van der Waals surface area contributed by atoms with E-state index < -0.39 is 13.1 Å². The molecule has 0 radical (unpaired) electrons. The van der Waals surface area contributed by atoms with Crippen molar-refractivity contribution in [1.82, 2.24) is 0 Å². The zero-order chi connectivity index (χ0) is 10.7. The van der Waals surface area contributed by atoms with Crippen molar-refractivity contribution in [2.45, 2.75) is 0 Å². The number of hydrogen-bond acceptors (Lipinski definition) is 3. The molecule has 0 heterocycles. The molecule has 0 aliphatic heterocycles. The molecule has 0 saturated carbocycles. The van der Waals surface area contributed by atoms with E-state index in [0.29, 0.717) is 0 Å². The zero-order valence-electron chi connectivity index (χ0n) is 7.34. The Kier molecular flexibility index (Phi) is 3.06. The molecular formula is C9H9BO4. The fraction of sp³-hybridized carbons (Fsp3) is 0. The quantitative estimate of drug-likeness (QED) is 0.575. The van der Waals surface area contributed by atoms with Gasteiger partial charge in [-0.2, -0.15) is 0 Å². The second-order valence-corrected chi connectivity index (χ2v) is 2.69. The Morgan fingerprint density at radius 1 is 1.43 bits per heavy atom. The number of carboxylic acid groups (broad SMARTS) is 1. The summed E-state index contributed by atoms with van der Waals surface area (Å²) >= 11 is 0. The molecule has 0 aliphatic rings. The van der Waals surface area contributed by atoms with E-state index >= 15 is 0 Å². The highest BCUT2D eigenvalue weighted by Gasteiger charge is 2.18. The summed E-state index contributed by atoms with van der Waals surface area (Å²) in [5.74, 6) is -1.12. The van der Waals surface area contributed by atoms with Gasteiger partial charge < -0.3 is 15.2 Å². The van der Waals surface area contributed by atoms with Crippen molar-refractivity contribution in [2.24, 2.45) is 0 Å². The molecule has 3 N–H and O–H groups in total. The third kappa shape index (κ3) is 1.84. The van der Waals surface area contributed by atoms with Crippen LogP contribution in [-0.2, 0) is 0 Å². The van der Waals surface area contributed by atoms with Crippen LogP contribution in [0.1, 0.15) is 15.9 Å². The summed E-state index contributed by atoms with van der Waals surface area (Å²) in [6.45, 7) is 3.43. The predicted molar refractivity (Wildman–Crippen MR) is 53.3 cm³/mol. The SMILES string of the molecule is C=Cc1c(B(O)O)cccc1C(=O)O. The van der Waals surface area contributed by atoms with E-state index in [4.69, 9.17) is 15.2 Å². The number of hydrogen-bond donors (Lipinski definition) is 3. The smallest absolute Gasteiger partial charge is 0.478 e. The minimum Gasteiger partial charge on any atom is -0.478 e. The van der Waals surface area contributed by atoms with Crippen LogP contribution in [0.3, 0.4) is 0 Å². The lowest BCUT2D eigenvalue weighted by molar-refractivity contribution is 0.0697. The lowest BCUT2D eigenvalue weighted by Crippen LogP contribution is -2.33. The van der Waals surface area contributed by atoms with E-state index in [-0.39, 0.29) is 16.6 Å². The summed E-state index contributed by atoms with van der Waals surface area (Å²) in [5, 5.41) is 26.7. The van der Waals surface area contributed by atoms with Crippen molar-refractivity contribution < 1.29 is 19.9 Å². The van der Waals surface area contributed by atoms with Crippen molar-refractivity contribution in [3.63, 3.8) is 0 Å². The summed E-state index contributed by atoms with van der Waals surface area (Å²) in [7, 11) is -1.69. The molecule has 0 spiro atoms. The molecule has 14 heavy (non-hydrogen) atoms. The third-order valence-corrected chi connectivity index (χ3v) is 1.85. The summed E-state index contributed by atoms with van der Waals surface area (Å²) in [6.07, 6.45) is 1.29. The van der Waals surface area contributed by atoms with Gasteiger partial charge in [0.2, 0.25) is 0 Å². The average molecular weight is 192 g/mol. The van der Waals surface area contributed by atoms with Crippen molar-refractivity contribution >= 4 is 24.6 Å². The van der Waals surface area contributed by atoms with E-state index in [2.05, 4.69) is 6.58 Å². The molecule has 0 saturated heterocycles. The number of rotatable bonds is 3. The van der Waals surface area contributed by atoms with Gasteiger partial charge in [0.25, 0.3) is 0 Å². The maximum absolute atomic E-state index is 10.7. The van der Waals surface area contributed by atoms with Crippen molar-refractivity contribution in [3.8, 4) is 0 Å². The molecule has 0 bridgehead atoms. The molecule has 72 valence electrons. The molecule has 1 aromatic carbocycles. The Morgan fingerprint density at radius 3 is 2.50 bits per heavy atom. The molecule has 0 atom stereocenters. The fourth-order valence-corrected chi connectivity index (χ4v) is 1.22. The Morgan fingerprint density at radius 2 is 2.07 bits per heavy atom. The molecule has 0 aromatic heterocycles. The average Bonchev–Trinajstić information content (AvgIpc) is 2.16. The Bertz CT molecular complexity index is 373. The zero-order valence-corrected chi connectivity index (χ0v) is 7.34. The van der Waals surface area contributed by atoms with E-state index in [9.17, 15) is 4.79 Å². The minimum absolute atomic E-state index is 0.00519. The van der Waals surface area contributed by atoms with Gasteiger partial charge in [0.15, 0.2) is 0 Å². The van der Waals surface area contributed by atoms with Crippen LogP contribution < -0.4 is 5.46 Å². The van der Waals surface area contributed by atoms with Crippen LogP contribution in [0, 0.1) is 0 Å². The largest absolute Gasteiger partial charge is 0.489 e. The third-order valence-electron chi connectivity index (χ3n) is 1.85. The van der Waals surface area contributed by atoms with E-state index in [1.165, 1.54) is 24.3 Å². The normalized spacial score (nSPS) is 9.57. The molecular weight excluding hydrogens is 183 g/mol. The lowest BCUT2D eigenvalue weighted by Gasteiger charge is -2.07. The number of carbonyl (C=O) groups is 1. The highest BCUT2D eigenvalue weighted by atomic mass is 16.4. The van der Waals surface area contributed by atoms with E-state index in [1.54, 1.807) is 0 Å². The van der Waals surface area contributed by atoms with Crippen LogP contribution in [0.15, 0.2) is 24.8 Å². The van der Waals surface area contributed by atoms with Gasteiger partial charge in [-0.3, -0.25) is 0 Å². The second-order valence-electron chi connectivity index (χ2n) is 2.69. The van der Waals surface area contributed by atoms with Crippen LogP contribution in [0.5, 0.6) is 0 Å². The van der Waals surface area contributed by atoms with Gasteiger partial charge in [0.1, 0.15) is 0 Å². The van der Waals surface area contributed by atoms with Crippen LogP contribution in [0.2, 0.25) is 0 Å². The van der Waals surface area contributed by atoms with Crippen LogP contribution in [0.4, 0.5) is 0 Å². The number of carboxylic acids is 1. The van der Waals surface area contributed by atoms with Gasteiger partial charge in [0.05, 0.1) is 5.56 Å². The molecule has 0 unspecified atom stereocenters. The standard InChI is InChI=1S/C9H9BO4/c1-2-6-7(9(11)12)4-3-5-8(6)10(13)14/h2-5,13-14H,1H2,(H,11,12). The summed E-state index contributed by atoms with van der Waals surface area (Å²) < 4.78 is 0. The maximum atomic E-state index is 10.7. The lowest BCUT2D eigenvalue weighted by atomic mass is 9.75. The monoisotopic (exact) mass is 192 g/mol. The first kappa shape index (κ1) is 10.5. The van der Waals surface area contributed by atoms with Gasteiger partial charge >= 0.3 is 13.1 Å². The topological polar surface area (TPSA) is 77.8 Å². The van der Waals surface area contributed by atoms with Crippen LogP contribution >= 0.6 is 0 Å². The summed E-state index contributed by atoms with van der Waals surface area (Å²) in [5.41, 5.74) is 0.375. The van der Waals surface area contributed by atoms with Gasteiger partial charge in [-0.25, -0.2) is 4.79 Å². The fourth-order valence-electron chi connectivity index (χ4n) is 1.22. The van der Waals surface area contributed by atoms with Crippen LogP contribution in [-0.4, -0.2) is 28.2 Å². The maximum Gasteiger partial charge on any atom is 0.489 e. The predicted octanol–water partition coefficient (Wildman–Crippen LogP) is -0.292. The molecule has 4 nitrogen and oxygen atoms in total. The van der Waals surface area contributed by atoms with Crippen molar-refractivity contribution in [3.05, 3.63) is 35.9 Å². The second kappa shape index (κ2) is 4.08. The number of aromatic carboxylic acids is 1. The summed E-state index contributed by atoms with van der Waals surface area (Å²) in [6, 6.07) is 4.27. The Labute approximate surface area is 81.3 Å². The number of benzene rings is 1. The first-order valence-electron chi connectivity index (χ1n) is 3.92. The molecule has 1 aromatic rings. The molecule has 0 fully saturated rings. The van der Waals surface area contributed by atoms with E-state index in [1.807, 2.05) is 0 Å². The van der Waals surface area contributed by atoms with E-state index in [0.717, 1.165) is 0 Å². The van der Waals surface area contributed by atoms with Gasteiger partial charge in [0, 0.05) is 0 Å². The first-order chi connectivity index (χ1) is 6.57. The van der Waals surface area contributed by atoms with Crippen molar-refractivity contribution in [2.75, 3.05) is 0 Å². The highest BCUT2D eigenvalue weighted by Crippen LogP contribution is 2.08.